The van der Waals surface area contributed by atoms with Crippen molar-refractivity contribution in [3.05, 3.63) is 0 Å². The molecule has 0 radical (unpaired) electrons. The van der Waals surface area contributed by atoms with Crippen molar-refractivity contribution in [2.24, 2.45) is 17.8 Å². The van der Waals surface area contributed by atoms with Crippen LogP contribution >= 0.6 is 0 Å². The fraction of sp³-hybridized carbons (Fsp3) is 1.00. The Morgan fingerprint density at radius 3 is 2.30 bits per heavy atom. The van der Waals surface area contributed by atoms with Gasteiger partial charge in [-0.15, -0.1) is 0 Å². The van der Waals surface area contributed by atoms with E-state index < -0.39 is 0 Å². The predicted octanol–water partition coefficient (Wildman–Crippen LogP) is 1.64. The highest BCUT2D eigenvalue weighted by Gasteiger charge is 2.44. The summed E-state index contributed by atoms with van der Waals surface area (Å²) in [5.74, 6) is 3.02. The molecule has 1 heteroatoms. The Kier molecular flexibility index (Phi) is 1.48. The molecule has 4 atom stereocenters. The maximum Gasteiger partial charge on any atom is 0.0121 e. The standard InChI is InChI=1S/C9H17N/c1-6-7-3-4-8(5-7)9(6)10-2/h6-10H,3-5H2,1-2H3. The van der Waals surface area contributed by atoms with Crippen molar-refractivity contribution < 1.29 is 0 Å². The molecule has 1 nitrogen and oxygen atoms in total. The molecule has 2 fully saturated rings. The number of hydrogen-bond acceptors (Lipinski definition) is 1. The normalized spacial score (nSPS) is 52.2. The highest BCUT2D eigenvalue weighted by atomic mass is 14.9. The van der Waals surface area contributed by atoms with Gasteiger partial charge in [0.05, 0.1) is 0 Å². The van der Waals surface area contributed by atoms with E-state index in [9.17, 15) is 0 Å². The number of hydrogen-bond donors (Lipinski definition) is 1. The highest BCUT2D eigenvalue weighted by molar-refractivity contribution is 4.97. The SMILES string of the molecule is CNC1C2CCC(C2)C1C. The van der Waals surface area contributed by atoms with Crippen LogP contribution in [0.1, 0.15) is 26.2 Å². The van der Waals surface area contributed by atoms with Crippen molar-refractivity contribution >= 4 is 0 Å². The van der Waals surface area contributed by atoms with Gasteiger partial charge in [0.1, 0.15) is 0 Å². The molecule has 2 aliphatic carbocycles. The third-order valence-corrected chi connectivity index (χ3v) is 3.66. The molecule has 10 heavy (non-hydrogen) atoms. The van der Waals surface area contributed by atoms with E-state index in [4.69, 9.17) is 0 Å². The topological polar surface area (TPSA) is 12.0 Å². The molecule has 0 amide bonds. The van der Waals surface area contributed by atoms with Gasteiger partial charge in [0.25, 0.3) is 0 Å². The van der Waals surface area contributed by atoms with Crippen molar-refractivity contribution in [1.82, 2.24) is 5.32 Å². The minimum Gasteiger partial charge on any atom is -0.316 e. The molecule has 1 N–H and O–H groups in total. The summed E-state index contributed by atoms with van der Waals surface area (Å²) in [7, 11) is 2.11. The Bertz CT molecular complexity index is 131. The van der Waals surface area contributed by atoms with E-state index in [2.05, 4.69) is 19.3 Å². The Balaban J connectivity index is 2.10. The smallest absolute Gasteiger partial charge is 0.0121 e. The summed E-state index contributed by atoms with van der Waals surface area (Å²) >= 11 is 0. The zero-order valence-corrected chi connectivity index (χ0v) is 6.93. The lowest BCUT2D eigenvalue weighted by atomic mass is 9.86. The largest absolute Gasteiger partial charge is 0.316 e. The molecule has 2 aliphatic rings. The molecular weight excluding hydrogens is 122 g/mol. The van der Waals surface area contributed by atoms with Crippen LogP contribution in [0.4, 0.5) is 0 Å². The summed E-state index contributed by atoms with van der Waals surface area (Å²) in [6, 6.07) is 0.846. The van der Waals surface area contributed by atoms with Gasteiger partial charge in [-0.05, 0) is 44.1 Å². The molecule has 2 rings (SSSR count). The molecule has 0 heterocycles. The fourth-order valence-electron chi connectivity index (χ4n) is 3.08. The number of rotatable bonds is 1. The lowest BCUT2D eigenvalue weighted by Crippen LogP contribution is -2.36. The van der Waals surface area contributed by atoms with Crippen LogP contribution in [0.15, 0.2) is 0 Å². The lowest BCUT2D eigenvalue weighted by Gasteiger charge is -2.27. The van der Waals surface area contributed by atoms with Gasteiger partial charge in [-0.2, -0.15) is 0 Å². The molecule has 0 aliphatic heterocycles. The first-order valence-electron chi connectivity index (χ1n) is 4.50. The summed E-state index contributed by atoms with van der Waals surface area (Å²) in [5.41, 5.74) is 0. The molecule has 0 saturated heterocycles. The van der Waals surface area contributed by atoms with Crippen molar-refractivity contribution in [3.8, 4) is 0 Å². The lowest BCUT2D eigenvalue weighted by molar-refractivity contribution is 0.277. The van der Waals surface area contributed by atoms with E-state index in [1.54, 1.807) is 0 Å². The van der Waals surface area contributed by atoms with Gasteiger partial charge in [-0.1, -0.05) is 6.92 Å². The predicted molar refractivity (Wildman–Crippen MR) is 42.8 cm³/mol. The first-order valence-corrected chi connectivity index (χ1v) is 4.50. The maximum atomic E-state index is 3.45. The van der Waals surface area contributed by atoms with E-state index >= 15 is 0 Å². The fourth-order valence-corrected chi connectivity index (χ4v) is 3.08. The average molecular weight is 139 g/mol. The number of fused-ring (bicyclic) bond motifs is 2. The molecule has 2 saturated carbocycles. The summed E-state index contributed by atoms with van der Waals surface area (Å²) in [6.07, 6.45) is 4.50. The van der Waals surface area contributed by atoms with Crippen LogP contribution in [0, 0.1) is 17.8 Å². The Hall–Kier alpha value is -0.0400. The molecule has 0 spiro atoms. The zero-order valence-electron chi connectivity index (χ0n) is 6.93. The van der Waals surface area contributed by atoms with Gasteiger partial charge >= 0.3 is 0 Å². The van der Waals surface area contributed by atoms with Crippen LogP contribution in [-0.2, 0) is 0 Å². The minimum atomic E-state index is 0.846. The Morgan fingerprint density at radius 2 is 1.90 bits per heavy atom. The number of nitrogens with one attached hydrogen (secondary N) is 1. The molecular formula is C9H17N. The zero-order chi connectivity index (χ0) is 7.14. The average Bonchev–Trinajstić information content (AvgIpc) is 2.46. The second-order valence-corrected chi connectivity index (χ2v) is 4.01. The van der Waals surface area contributed by atoms with Crippen LogP contribution < -0.4 is 5.32 Å². The molecule has 0 aromatic heterocycles. The monoisotopic (exact) mass is 139 g/mol. The van der Waals surface area contributed by atoms with E-state index in [1.165, 1.54) is 19.3 Å². The van der Waals surface area contributed by atoms with Crippen molar-refractivity contribution in [1.29, 1.82) is 0 Å². The Morgan fingerprint density at radius 1 is 1.20 bits per heavy atom. The van der Waals surface area contributed by atoms with Crippen molar-refractivity contribution in [3.63, 3.8) is 0 Å². The maximum absolute atomic E-state index is 3.45. The summed E-state index contributed by atoms with van der Waals surface area (Å²) in [5, 5.41) is 3.45. The van der Waals surface area contributed by atoms with Crippen LogP contribution in [0.25, 0.3) is 0 Å². The van der Waals surface area contributed by atoms with Gasteiger partial charge in [0.2, 0.25) is 0 Å². The summed E-state index contributed by atoms with van der Waals surface area (Å²) in [4.78, 5) is 0. The van der Waals surface area contributed by atoms with Gasteiger partial charge in [-0.25, -0.2) is 0 Å². The molecule has 58 valence electrons. The van der Waals surface area contributed by atoms with Crippen LogP contribution in [0.3, 0.4) is 0 Å². The van der Waals surface area contributed by atoms with Crippen LogP contribution in [0.5, 0.6) is 0 Å². The van der Waals surface area contributed by atoms with Crippen LogP contribution in [0.2, 0.25) is 0 Å². The first kappa shape index (κ1) is 6.66. The second-order valence-electron chi connectivity index (χ2n) is 4.01. The highest BCUT2D eigenvalue weighted by Crippen LogP contribution is 2.47. The Labute approximate surface area is 63.2 Å². The van der Waals surface area contributed by atoms with Gasteiger partial charge in [0.15, 0.2) is 0 Å². The second kappa shape index (κ2) is 2.23. The van der Waals surface area contributed by atoms with Gasteiger partial charge in [0, 0.05) is 6.04 Å². The van der Waals surface area contributed by atoms with Gasteiger partial charge in [-0.3, -0.25) is 0 Å². The third-order valence-electron chi connectivity index (χ3n) is 3.66. The quantitative estimate of drug-likeness (QED) is 0.582. The minimum absolute atomic E-state index is 0.846. The molecule has 4 unspecified atom stereocenters. The van der Waals surface area contributed by atoms with Crippen LogP contribution in [-0.4, -0.2) is 13.1 Å². The van der Waals surface area contributed by atoms with Gasteiger partial charge < -0.3 is 5.32 Å². The van der Waals surface area contributed by atoms with E-state index in [-0.39, 0.29) is 0 Å². The first-order chi connectivity index (χ1) is 4.83. The molecule has 0 aromatic carbocycles. The summed E-state index contributed by atoms with van der Waals surface area (Å²) in [6.45, 7) is 2.41. The van der Waals surface area contributed by atoms with E-state index in [1.807, 2.05) is 0 Å². The van der Waals surface area contributed by atoms with Crippen molar-refractivity contribution in [2.45, 2.75) is 32.2 Å². The van der Waals surface area contributed by atoms with E-state index in [0.29, 0.717) is 0 Å². The third kappa shape index (κ3) is 0.731. The molecule has 2 bridgehead atoms. The van der Waals surface area contributed by atoms with E-state index in [0.717, 1.165) is 23.8 Å². The van der Waals surface area contributed by atoms with Crippen molar-refractivity contribution in [2.75, 3.05) is 7.05 Å². The summed E-state index contributed by atoms with van der Waals surface area (Å²) < 4.78 is 0. The molecule has 0 aromatic rings.